The quantitative estimate of drug-likeness (QED) is 0.253. The Balaban J connectivity index is 1.23. The second kappa shape index (κ2) is 11.3. The monoisotopic (exact) mass is 668 g/mol. The summed E-state index contributed by atoms with van der Waals surface area (Å²) in [6, 6.07) is 11.4. The molecule has 8 nitrogen and oxygen atoms in total. The maximum atomic E-state index is 17.4. The van der Waals surface area contributed by atoms with Crippen LogP contribution in [0.4, 0.5) is 4.39 Å². The maximum Gasteiger partial charge on any atom is 0.348 e. The van der Waals surface area contributed by atoms with E-state index >= 15 is 4.39 Å². The van der Waals surface area contributed by atoms with Crippen LogP contribution in [0.5, 0.6) is 5.75 Å². The zero-order valence-corrected chi connectivity index (χ0v) is 27.1. The number of carbonyl (C=O) groups is 4. The number of aliphatic carboxylic acids is 1. The van der Waals surface area contributed by atoms with E-state index in [0.29, 0.717) is 24.8 Å². The number of hydrogen-bond donors (Lipinski definition) is 2. The lowest BCUT2D eigenvalue weighted by atomic mass is 9.45. The van der Waals surface area contributed by atoms with E-state index in [4.69, 9.17) is 21.1 Å². The molecule has 3 saturated carbocycles. The smallest absolute Gasteiger partial charge is 0.348 e. The molecule has 2 N–H and O–H groups in total. The van der Waals surface area contributed by atoms with Crippen LogP contribution in [0.15, 0.2) is 76.1 Å². The first-order chi connectivity index (χ1) is 21.6. The highest BCUT2D eigenvalue weighted by Crippen LogP contribution is 2.70. The van der Waals surface area contributed by atoms with Crippen molar-refractivity contribution in [3.63, 3.8) is 0 Å². The number of halogens is 2. The molecule has 46 heavy (non-hydrogen) atoms. The van der Waals surface area contributed by atoms with Crippen LogP contribution in [0.2, 0.25) is 5.02 Å². The van der Waals surface area contributed by atoms with Crippen molar-refractivity contribution in [3.05, 3.63) is 76.9 Å². The van der Waals surface area contributed by atoms with E-state index in [0.717, 1.165) is 9.79 Å². The third-order valence-corrected chi connectivity index (χ3v) is 12.1. The molecule has 0 bridgehead atoms. The minimum Gasteiger partial charge on any atom is -0.478 e. The zero-order chi connectivity index (χ0) is 33.2. The van der Waals surface area contributed by atoms with Crippen molar-refractivity contribution < 1.29 is 43.3 Å². The summed E-state index contributed by atoms with van der Waals surface area (Å²) < 4.78 is 28.4. The van der Waals surface area contributed by atoms with Crippen LogP contribution in [0.1, 0.15) is 63.2 Å². The minimum atomic E-state index is -2.12. The number of hydrogen-bond acceptors (Lipinski definition) is 8. The van der Waals surface area contributed by atoms with Gasteiger partial charge in [0.15, 0.2) is 11.5 Å². The maximum absolute atomic E-state index is 17.4. The standard InChI is InChI=1S/C35H34ClFO8S/c1-19(38)44-28-11-9-24(17-27(28)36)46-23-7-4-20(5-8-23)30(41)45-34(31(42)43)15-13-25-26-10-6-21-16-22(39)12-14-32(21,2)35(26,37)29(40)18-33(25,34)3/h4-5,7-9,11-12,14,16-17,25-26,29,40H,6,10,13,15,18H2,1-3H3,(H,42,43)/t25-,26-,29-,32-,33-,34+,35?/m0/s1. The van der Waals surface area contributed by atoms with E-state index in [1.54, 1.807) is 62.4 Å². The van der Waals surface area contributed by atoms with Crippen LogP contribution in [0.3, 0.4) is 0 Å². The van der Waals surface area contributed by atoms with Gasteiger partial charge in [0, 0.05) is 33.5 Å². The highest BCUT2D eigenvalue weighted by atomic mass is 35.5. The SMILES string of the molecule is CC(=O)Oc1ccc(Sc2ccc(C(=O)O[C@@]3(C(=O)O)CC[C@H]4[C@@H]5CCC6=CC(=O)C=C[C@]6(C)C5(F)[C@@H](O)C[C@@]43C)cc2)cc1Cl. The van der Waals surface area contributed by atoms with E-state index in [1.165, 1.54) is 30.8 Å². The number of aliphatic hydroxyl groups is 1. The molecule has 0 aliphatic heterocycles. The topological polar surface area (TPSA) is 127 Å². The average Bonchev–Trinajstić information content (AvgIpc) is 3.28. The fourth-order valence-electron chi connectivity index (χ4n) is 8.56. The minimum absolute atomic E-state index is 0.0136. The third kappa shape index (κ3) is 4.83. The average molecular weight is 669 g/mol. The number of fused-ring (bicyclic) bond motifs is 5. The number of benzene rings is 2. The summed E-state index contributed by atoms with van der Waals surface area (Å²) in [7, 11) is 0. The highest BCUT2D eigenvalue weighted by molar-refractivity contribution is 7.99. The van der Waals surface area contributed by atoms with Crippen molar-refractivity contribution >= 4 is 47.1 Å². The van der Waals surface area contributed by atoms with E-state index in [2.05, 4.69) is 0 Å². The Bertz CT molecular complexity index is 1710. The zero-order valence-electron chi connectivity index (χ0n) is 25.5. The molecular formula is C35H34ClFO8S. The lowest BCUT2D eigenvalue weighted by molar-refractivity contribution is -0.222. The van der Waals surface area contributed by atoms with Crippen molar-refractivity contribution in [2.24, 2.45) is 22.7 Å². The van der Waals surface area contributed by atoms with E-state index in [9.17, 15) is 29.4 Å². The Labute approximate surface area is 275 Å². The number of carboxylic acid groups (broad SMARTS) is 1. The molecule has 0 amide bonds. The van der Waals surface area contributed by atoms with Gasteiger partial charge in [-0.05, 0) is 99.6 Å². The first kappa shape index (κ1) is 32.5. The van der Waals surface area contributed by atoms with Crippen LogP contribution in [-0.4, -0.2) is 51.3 Å². The number of allylic oxidation sites excluding steroid dienone is 4. The van der Waals surface area contributed by atoms with Gasteiger partial charge >= 0.3 is 17.9 Å². The van der Waals surface area contributed by atoms with Crippen LogP contribution in [-0.2, 0) is 19.1 Å². The Morgan fingerprint density at radius 1 is 1.04 bits per heavy atom. The Hall–Kier alpha value is -3.47. The molecule has 2 aromatic carbocycles. The molecule has 242 valence electrons. The summed E-state index contributed by atoms with van der Waals surface area (Å²) in [5.74, 6) is -3.78. The number of rotatable bonds is 6. The van der Waals surface area contributed by atoms with E-state index < -0.39 is 57.9 Å². The van der Waals surface area contributed by atoms with Gasteiger partial charge in [0.05, 0.1) is 16.7 Å². The van der Waals surface area contributed by atoms with Gasteiger partial charge < -0.3 is 19.7 Å². The molecule has 4 aliphatic carbocycles. The van der Waals surface area contributed by atoms with Gasteiger partial charge in [-0.2, -0.15) is 0 Å². The molecule has 4 aliphatic rings. The van der Waals surface area contributed by atoms with Gasteiger partial charge in [-0.25, -0.2) is 14.0 Å². The first-order valence-electron chi connectivity index (χ1n) is 15.2. The fourth-order valence-corrected chi connectivity index (χ4v) is 9.70. The van der Waals surface area contributed by atoms with Crippen LogP contribution >= 0.6 is 23.4 Å². The van der Waals surface area contributed by atoms with Gasteiger partial charge in [0.2, 0.25) is 5.60 Å². The summed E-state index contributed by atoms with van der Waals surface area (Å²) in [6.07, 6.45) is 3.67. The number of alkyl halides is 1. The second-order valence-electron chi connectivity index (χ2n) is 13.1. The van der Waals surface area contributed by atoms with Gasteiger partial charge in [-0.3, -0.25) is 9.59 Å². The van der Waals surface area contributed by atoms with Crippen LogP contribution in [0, 0.1) is 22.7 Å². The first-order valence-corrected chi connectivity index (χ1v) is 16.4. The largest absolute Gasteiger partial charge is 0.478 e. The molecule has 0 saturated heterocycles. The summed E-state index contributed by atoms with van der Waals surface area (Å²) in [5, 5.41) is 22.4. The number of ether oxygens (including phenoxy) is 2. The van der Waals surface area contributed by atoms with Crippen LogP contribution < -0.4 is 4.74 Å². The molecule has 2 aromatic rings. The van der Waals surface area contributed by atoms with Crippen molar-refractivity contribution in [2.75, 3.05) is 0 Å². The summed E-state index contributed by atoms with van der Waals surface area (Å²) in [5.41, 5.74) is -5.75. The van der Waals surface area contributed by atoms with Gasteiger partial charge in [0.1, 0.15) is 5.75 Å². The summed E-state index contributed by atoms with van der Waals surface area (Å²) >= 11 is 7.59. The Morgan fingerprint density at radius 3 is 2.39 bits per heavy atom. The molecule has 11 heteroatoms. The molecule has 0 spiro atoms. The van der Waals surface area contributed by atoms with Gasteiger partial charge in [-0.1, -0.05) is 41.9 Å². The number of aliphatic hydroxyl groups excluding tert-OH is 1. The molecule has 0 radical (unpaired) electrons. The van der Waals surface area contributed by atoms with E-state index in [1.807, 2.05) is 0 Å². The van der Waals surface area contributed by atoms with Crippen molar-refractivity contribution in [3.8, 4) is 5.75 Å². The number of carboxylic acids is 1. The summed E-state index contributed by atoms with van der Waals surface area (Å²) in [6.45, 7) is 4.68. The molecule has 6 rings (SSSR count). The van der Waals surface area contributed by atoms with Gasteiger partial charge in [-0.15, -0.1) is 0 Å². The predicted octanol–water partition coefficient (Wildman–Crippen LogP) is 6.77. The van der Waals surface area contributed by atoms with Crippen molar-refractivity contribution in [1.29, 1.82) is 0 Å². The molecular weight excluding hydrogens is 635 g/mol. The molecule has 0 heterocycles. The second-order valence-corrected chi connectivity index (χ2v) is 14.7. The molecule has 0 aromatic heterocycles. The number of carbonyl (C=O) groups excluding carboxylic acids is 3. The van der Waals surface area contributed by atoms with Gasteiger partial charge in [0.25, 0.3) is 0 Å². The summed E-state index contributed by atoms with van der Waals surface area (Å²) in [4.78, 5) is 51.4. The lowest BCUT2D eigenvalue weighted by Gasteiger charge is -2.62. The van der Waals surface area contributed by atoms with Crippen molar-refractivity contribution in [1.82, 2.24) is 0 Å². The van der Waals surface area contributed by atoms with E-state index in [-0.39, 0.29) is 35.0 Å². The Kier molecular flexibility index (Phi) is 8.01. The number of ketones is 1. The lowest BCUT2D eigenvalue weighted by Crippen LogP contribution is -2.69. The number of esters is 2. The highest BCUT2D eigenvalue weighted by Gasteiger charge is 2.76. The molecule has 1 unspecified atom stereocenters. The third-order valence-electron chi connectivity index (χ3n) is 10.9. The normalized spacial score (nSPS) is 34.5. The predicted molar refractivity (Wildman–Crippen MR) is 167 cm³/mol. The molecule has 3 fully saturated rings. The molecule has 7 atom stereocenters. The Morgan fingerprint density at radius 2 is 1.74 bits per heavy atom. The fraction of sp³-hybridized carbons (Fsp3) is 0.429. The van der Waals surface area contributed by atoms with Crippen molar-refractivity contribution in [2.45, 2.75) is 80.0 Å². The van der Waals surface area contributed by atoms with Crippen LogP contribution in [0.25, 0.3) is 0 Å².